The fraction of sp³-hybridized carbons (Fsp3) is 1.00. The molecule has 194 valence electrons. The quantitative estimate of drug-likeness (QED) is 0.454. The first-order valence-electron chi connectivity index (χ1n) is 14.4. The third kappa shape index (κ3) is 3.29. The monoisotopic (exact) mass is 476 g/mol. The van der Waals surface area contributed by atoms with E-state index >= 15 is 0 Å². The molecule has 5 aliphatic carbocycles. The third-order valence-corrected chi connectivity index (χ3v) is 12.9. The van der Waals surface area contributed by atoms with Crippen LogP contribution in [0.15, 0.2) is 0 Å². The van der Waals surface area contributed by atoms with Gasteiger partial charge in [0, 0.05) is 11.3 Å². The summed E-state index contributed by atoms with van der Waals surface area (Å²) in [6, 6.07) is 0. The fourth-order valence-electron chi connectivity index (χ4n) is 10.5. The van der Waals surface area contributed by atoms with Crippen LogP contribution >= 0.6 is 0 Å². The summed E-state index contributed by atoms with van der Waals surface area (Å²) in [7, 11) is 0. The molecule has 1 saturated heterocycles. The van der Waals surface area contributed by atoms with Gasteiger partial charge in [-0.2, -0.15) is 0 Å². The minimum atomic E-state index is -0.509. The summed E-state index contributed by atoms with van der Waals surface area (Å²) >= 11 is 0. The summed E-state index contributed by atoms with van der Waals surface area (Å²) in [5.41, 5.74) is -0.745. The van der Waals surface area contributed by atoms with E-state index in [1.54, 1.807) is 0 Å². The summed E-state index contributed by atoms with van der Waals surface area (Å²) in [6.07, 6.45) is 6.67. The Kier molecular flexibility index (Phi) is 5.61. The van der Waals surface area contributed by atoms with Crippen LogP contribution < -0.4 is 0 Å². The first-order valence-corrected chi connectivity index (χ1v) is 14.4. The number of hydrogen-bond acceptors (Lipinski definition) is 5. The van der Waals surface area contributed by atoms with Gasteiger partial charge in [0.1, 0.15) is 5.60 Å². The maximum Gasteiger partial charge on any atom is 0.121 e. The Labute approximate surface area is 205 Å². The molecule has 5 heteroatoms. The second-order valence-corrected chi connectivity index (χ2v) is 14.3. The molecule has 0 aromatic heterocycles. The van der Waals surface area contributed by atoms with Crippen molar-refractivity contribution in [1.82, 2.24) is 0 Å². The average molecular weight is 477 g/mol. The number of rotatable bonds is 5. The van der Waals surface area contributed by atoms with Gasteiger partial charge in [0.2, 0.25) is 0 Å². The molecule has 1 aliphatic heterocycles. The van der Waals surface area contributed by atoms with E-state index in [2.05, 4.69) is 27.7 Å². The number of epoxide rings is 1. The van der Waals surface area contributed by atoms with Crippen LogP contribution in [0, 0.1) is 58.2 Å². The fourth-order valence-corrected chi connectivity index (χ4v) is 10.5. The van der Waals surface area contributed by atoms with Crippen molar-refractivity contribution in [3.63, 3.8) is 0 Å². The summed E-state index contributed by atoms with van der Waals surface area (Å²) < 4.78 is 6.16. The Balaban J connectivity index is 1.26. The summed E-state index contributed by atoms with van der Waals surface area (Å²) in [5.74, 6) is 3.28. The Morgan fingerprint density at radius 3 is 2.32 bits per heavy atom. The van der Waals surface area contributed by atoms with E-state index in [0.717, 1.165) is 63.2 Å². The van der Waals surface area contributed by atoms with Gasteiger partial charge in [-0.15, -0.1) is 0 Å². The molecule has 1 unspecified atom stereocenters. The van der Waals surface area contributed by atoms with E-state index in [-0.39, 0.29) is 40.8 Å². The highest BCUT2D eigenvalue weighted by Crippen LogP contribution is 2.70. The van der Waals surface area contributed by atoms with Crippen molar-refractivity contribution in [3.8, 4) is 0 Å². The van der Waals surface area contributed by atoms with Crippen LogP contribution in [-0.4, -0.2) is 57.0 Å². The molecule has 0 aromatic rings. The molecule has 4 N–H and O–H groups in total. The molecular formula is C29H48O5. The van der Waals surface area contributed by atoms with Gasteiger partial charge < -0.3 is 25.2 Å². The maximum absolute atomic E-state index is 11.8. The topological polar surface area (TPSA) is 93.5 Å². The van der Waals surface area contributed by atoms with Gasteiger partial charge in [-0.25, -0.2) is 0 Å². The van der Waals surface area contributed by atoms with Crippen LogP contribution in [0.25, 0.3) is 0 Å². The minimum absolute atomic E-state index is 0.0905. The second kappa shape index (κ2) is 7.90. The summed E-state index contributed by atoms with van der Waals surface area (Å²) in [5, 5.41) is 45.1. The number of aliphatic hydroxyl groups excluding tert-OH is 4. The molecule has 6 fully saturated rings. The predicted molar refractivity (Wildman–Crippen MR) is 130 cm³/mol. The molecule has 34 heavy (non-hydrogen) atoms. The van der Waals surface area contributed by atoms with E-state index in [9.17, 15) is 20.4 Å². The maximum atomic E-state index is 11.8. The molecule has 6 aliphatic rings. The average Bonchev–Trinajstić information content (AvgIpc) is 3.69. The Hall–Kier alpha value is -0.200. The highest BCUT2D eigenvalue weighted by Gasteiger charge is 2.72. The van der Waals surface area contributed by atoms with Crippen molar-refractivity contribution in [2.24, 2.45) is 58.2 Å². The first-order chi connectivity index (χ1) is 16.0. The van der Waals surface area contributed by atoms with Crippen molar-refractivity contribution < 1.29 is 25.2 Å². The van der Waals surface area contributed by atoms with Crippen LogP contribution in [-0.2, 0) is 4.74 Å². The molecule has 1 heterocycles. The zero-order valence-corrected chi connectivity index (χ0v) is 21.7. The van der Waals surface area contributed by atoms with Gasteiger partial charge in [-0.1, -0.05) is 27.7 Å². The van der Waals surface area contributed by atoms with Crippen LogP contribution in [0.5, 0.6) is 0 Å². The van der Waals surface area contributed by atoms with Crippen LogP contribution in [0.3, 0.4) is 0 Å². The summed E-state index contributed by atoms with van der Waals surface area (Å²) in [4.78, 5) is 0. The van der Waals surface area contributed by atoms with E-state index < -0.39 is 17.8 Å². The Bertz CT molecular complexity index is 797. The SMILES string of the molecule is C[C@H](C[C@@H](O)[C@@]1([C@H]2CC[C@H]3[C@H]4C(C[C@@H](O)[C@]23C)[C@@]2(C)CC[C@@H](O)C[C@H]2C[C@H]4O)CO1)[C@H]1C[C@@H]1C. The lowest BCUT2D eigenvalue weighted by atomic mass is 9.43. The molecule has 6 rings (SSSR count). The van der Waals surface area contributed by atoms with Gasteiger partial charge in [-0.05, 0) is 105 Å². The Morgan fingerprint density at radius 1 is 0.971 bits per heavy atom. The number of hydrogen-bond donors (Lipinski definition) is 4. The highest BCUT2D eigenvalue weighted by molar-refractivity contribution is 5.20. The van der Waals surface area contributed by atoms with Gasteiger partial charge in [0.15, 0.2) is 0 Å². The van der Waals surface area contributed by atoms with Crippen molar-refractivity contribution in [2.45, 2.75) is 115 Å². The number of fused-ring (bicyclic) bond motifs is 5. The number of aliphatic hydroxyl groups is 4. The molecule has 5 nitrogen and oxygen atoms in total. The molecule has 0 amide bonds. The standard InChI is InChI=1S/C29H48O5/c1-15-9-19(15)16(2)10-25(33)29(14-34-29)23-6-5-20-26-21(13-24(32)28(20,23)4)27(3)8-7-18(30)11-17(27)12-22(26)31/h15-26,30-33H,5-14H2,1-4H3/t15-,16+,17-,18+,19-,20-,21?,22+,23-,24+,25+,26-,27-,28-,29-/m0/s1. The smallest absolute Gasteiger partial charge is 0.121 e. The van der Waals surface area contributed by atoms with Gasteiger partial charge in [-0.3, -0.25) is 0 Å². The molecular weight excluding hydrogens is 428 g/mol. The predicted octanol–water partition coefficient (Wildman–Crippen LogP) is 3.76. The molecule has 0 bridgehead atoms. The highest BCUT2D eigenvalue weighted by atomic mass is 16.6. The zero-order valence-electron chi connectivity index (χ0n) is 21.7. The lowest BCUT2D eigenvalue weighted by Crippen LogP contribution is -2.63. The van der Waals surface area contributed by atoms with Crippen molar-refractivity contribution >= 4 is 0 Å². The van der Waals surface area contributed by atoms with Gasteiger partial charge in [0.05, 0.1) is 31.0 Å². The second-order valence-electron chi connectivity index (χ2n) is 14.3. The van der Waals surface area contributed by atoms with E-state index in [1.807, 2.05) is 0 Å². The molecule has 0 radical (unpaired) electrons. The normalized spacial score (nSPS) is 60.0. The van der Waals surface area contributed by atoms with Crippen LogP contribution in [0.1, 0.15) is 85.5 Å². The van der Waals surface area contributed by atoms with E-state index in [4.69, 9.17) is 4.74 Å². The minimum Gasteiger partial charge on any atom is -0.393 e. The number of ether oxygens (including phenoxy) is 1. The lowest BCUT2D eigenvalue weighted by molar-refractivity contribution is -0.210. The van der Waals surface area contributed by atoms with Crippen molar-refractivity contribution in [1.29, 1.82) is 0 Å². The lowest BCUT2D eigenvalue weighted by Gasteiger charge is -2.63. The zero-order chi connectivity index (χ0) is 24.2. The van der Waals surface area contributed by atoms with Crippen molar-refractivity contribution in [2.75, 3.05) is 6.61 Å². The summed E-state index contributed by atoms with van der Waals surface area (Å²) in [6.45, 7) is 9.83. The largest absolute Gasteiger partial charge is 0.393 e. The van der Waals surface area contributed by atoms with Crippen molar-refractivity contribution in [3.05, 3.63) is 0 Å². The molecule has 0 spiro atoms. The van der Waals surface area contributed by atoms with E-state index in [1.165, 1.54) is 6.42 Å². The van der Waals surface area contributed by atoms with Gasteiger partial charge >= 0.3 is 0 Å². The third-order valence-electron chi connectivity index (χ3n) is 12.9. The first kappa shape index (κ1) is 24.2. The van der Waals surface area contributed by atoms with Crippen LogP contribution in [0.2, 0.25) is 0 Å². The van der Waals surface area contributed by atoms with E-state index in [0.29, 0.717) is 24.4 Å². The Morgan fingerprint density at radius 2 is 1.68 bits per heavy atom. The molecule has 0 aromatic carbocycles. The molecule has 15 atom stereocenters. The molecule has 5 saturated carbocycles. The van der Waals surface area contributed by atoms with Crippen LogP contribution in [0.4, 0.5) is 0 Å². The van der Waals surface area contributed by atoms with Gasteiger partial charge in [0.25, 0.3) is 0 Å².